The van der Waals surface area contributed by atoms with Gasteiger partial charge in [-0.1, -0.05) is 6.07 Å². The van der Waals surface area contributed by atoms with Crippen LogP contribution in [-0.4, -0.2) is 30.0 Å². The van der Waals surface area contributed by atoms with Gasteiger partial charge in [0.2, 0.25) is 0 Å². The van der Waals surface area contributed by atoms with Crippen molar-refractivity contribution >= 4 is 17.4 Å². The van der Waals surface area contributed by atoms with Crippen LogP contribution in [0, 0.1) is 6.92 Å². The van der Waals surface area contributed by atoms with Gasteiger partial charge in [-0.15, -0.1) is 0 Å². The van der Waals surface area contributed by atoms with E-state index in [1.54, 1.807) is 12.3 Å². The molecule has 5 nitrogen and oxygen atoms in total. The van der Waals surface area contributed by atoms with E-state index in [0.29, 0.717) is 11.4 Å². The van der Waals surface area contributed by atoms with E-state index < -0.39 is 0 Å². The third-order valence-corrected chi connectivity index (χ3v) is 2.58. The van der Waals surface area contributed by atoms with E-state index in [1.807, 2.05) is 50.2 Å². The molecule has 5 heteroatoms. The molecule has 0 fully saturated rings. The fraction of sp³-hybridized carbons (Fsp3) is 0.214. The van der Waals surface area contributed by atoms with Crippen molar-refractivity contribution in [2.75, 3.05) is 24.3 Å². The fourth-order valence-corrected chi connectivity index (χ4v) is 1.59. The van der Waals surface area contributed by atoms with Crippen molar-refractivity contribution < 1.29 is 4.79 Å². The van der Waals surface area contributed by atoms with E-state index in [-0.39, 0.29) is 5.91 Å². The zero-order valence-electron chi connectivity index (χ0n) is 11.2. The van der Waals surface area contributed by atoms with Crippen LogP contribution in [0.5, 0.6) is 0 Å². The number of anilines is 2. The van der Waals surface area contributed by atoms with Gasteiger partial charge in [0.25, 0.3) is 5.91 Å². The Morgan fingerprint density at radius 2 is 2.00 bits per heavy atom. The van der Waals surface area contributed by atoms with E-state index in [9.17, 15) is 4.79 Å². The summed E-state index contributed by atoms with van der Waals surface area (Å²) in [6.07, 6.45) is 1.63. The summed E-state index contributed by atoms with van der Waals surface area (Å²) in [6.45, 7) is 1.85. The molecule has 0 aliphatic heterocycles. The Kier molecular flexibility index (Phi) is 3.75. The van der Waals surface area contributed by atoms with Crippen LogP contribution >= 0.6 is 0 Å². The highest BCUT2D eigenvalue weighted by molar-refractivity contribution is 6.02. The van der Waals surface area contributed by atoms with E-state index in [2.05, 4.69) is 15.3 Å². The maximum atomic E-state index is 12.0. The first kappa shape index (κ1) is 13.0. The number of hydrogen-bond acceptors (Lipinski definition) is 4. The molecule has 98 valence electrons. The zero-order chi connectivity index (χ0) is 13.8. The van der Waals surface area contributed by atoms with Gasteiger partial charge in [0, 0.05) is 19.8 Å². The second-order valence-electron chi connectivity index (χ2n) is 4.42. The van der Waals surface area contributed by atoms with Crippen molar-refractivity contribution in [1.82, 2.24) is 9.97 Å². The molecule has 2 aromatic heterocycles. The van der Waals surface area contributed by atoms with E-state index in [0.717, 1.165) is 11.5 Å². The van der Waals surface area contributed by atoms with Crippen LogP contribution in [0.3, 0.4) is 0 Å². The second-order valence-corrected chi connectivity index (χ2v) is 4.42. The molecule has 1 amide bonds. The van der Waals surface area contributed by atoms with E-state index >= 15 is 0 Å². The van der Waals surface area contributed by atoms with Gasteiger partial charge in [-0.25, -0.2) is 9.97 Å². The predicted molar refractivity (Wildman–Crippen MR) is 75.5 cm³/mol. The molecule has 0 aliphatic carbocycles. The molecule has 0 aromatic carbocycles. The third-order valence-electron chi connectivity index (χ3n) is 2.58. The SMILES string of the molecule is Cc1cccc(C(=O)Nc2ccc(N(C)C)nc2)n1. The molecular formula is C14H16N4O. The van der Waals surface area contributed by atoms with Crippen molar-refractivity contribution in [2.45, 2.75) is 6.92 Å². The first-order chi connectivity index (χ1) is 9.06. The van der Waals surface area contributed by atoms with Gasteiger partial charge in [0.05, 0.1) is 11.9 Å². The average Bonchev–Trinajstić information content (AvgIpc) is 2.39. The van der Waals surface area contributed by atoms with Crippen LogP contribution < -0.4 is 10.2 Å². The first-order valence-electron chi connectivity index (χ1n) is 5.94. The largest absolute Gasteiger partial charge is 0.363 e. The Labute approximate surface area is 112 Å². The summed E-state index contributed by atoms with van der Waals surface area (Å²) in [5.74, 6) is 0.606. The molecule has 0 spiro atoms. The summed E-state index contributed by atoms with van der Waals surface area (Å²) < 4.78 is 0. The number of nitrogens with one attached hydrogen (secondary N) is 1. The number of carbonyl (C=O) groups is 1. The molecule has 0 unspecified atom stereocenters. The van der Waals surface area contributed by atoms with Gasteiger partial charge in [-0.2, -0.15) is 0 Å². The smallest absolute Gasteiger partial charge is 0.274 e. The van der Waals surface area contributed by atoms with E-state index in [1.165, 1.54) is 0 Å². The van der Waals surface area contributed by atoms with Gasteiger partial charge in [0.15, 0.2) is 0 Å². The summed E-state index contributed by atoms with van der Waals surface area (Å²) >= 11 is 0. The van der Waals surface area contributed by atoms with Gasteiger partial charge >= 0.3 is 0 Å². The van der Waals surface area contributed by atoms with Gasteiger partial charge in [0.1, 0.15) is 11.5 Å². The molecule has 0 bridgehead atoms. The van der Waals surface area contributed by atoms with Crippen molar-refractivity contribution in [2.24, 2.45) is 0 Å². The van der Waals surface area contributed by atoms with Gasteiger partial charge in [-0.3, -0.25) is 4.79 Å². The molecule has 0 atom stereocenters. The third kappa shape index (κ3) is 3.28. The fourth-order valence-electron chi connectivity index (χ4n) is 1.59. The van der Waals surface area contributed by atoms with E-state index in [4.69, 9.17) is 0 Å². The van der Waals surface area contributed by atoms with Crippen molar-refractivity contribution in [3.8, 4) is 0 Å². The average molecular weight is 256 g/mol. The maximum absolute atomic E-state index is 12.0. The number of carbonyl (C=O) groups excluding carboxylic acids is 1. The molecule has 19 heavy (non-hydrogen) atoms. The lowest BCUT2D eigenvalue weighted by Crippen LogP contribution is -2.15. The monoisotopic (exact) mass is 256 g/mol. The normalized spacial score (nSPS) is 10.1. The summed E-state index contributed by atoms with van der Waals surface area (Å²) in [7, 11) is 3.83. The Bertz CT molecular complexity index is 578. The number of nitrogens with zero attached hydrogens (tertiary/aromatic N) is 3. The highest BCUT2D eigenvalue weighted by atomic mass is 16.1. The Morgan fingerprint density at radius 1 is 1.21 bits per heavy atom. The van der Waals surface area contributed by atoms with Crippen LogP contribution in [0.15, 0.2) is 36.5 Å². The van der Waals surface area contributed by atoms with Crippen molar-refractivity contribution in [3.63, 3.8) is 0 Å². The summed E-state index contributed by atoms with van der Waals surface area (Å²) in [6, 6.07) is 9.01. The van der Waals surface area contributed by atoms with Crippen molar-refractivity contribution in [3.05, 3.63) is 47.9 Å². The van der Waals surface area contributed by atoms with Gasteiger partial charge < -0.3 is 10.2 Å². The second kappa shape index (κ2) is 5.48. The highest BCUT2D eigenvalue weighted by Gasteiger charge is 2.08. The van der Waals surface area contributed by atoms with Crippen LogP contribution in [0.4, 0.5) is 11.5 Å². The molecule has 0 radical (unpaired) electrons. The molecule has 2 rings (SSSR count). The lowest BCUT2D eigenvalue weighted by atomic mass is 10.3. The maximum Gasteiger partial charge on any atom is 0.274 e. The van der Waals surface area contributed by atoms with Crippen LogP contribution in [0.25, 0.3) is 0 Å². The number of pyridine rings is 2. The predicted octanol–water partition coefficient (Wildman–Crippen LogP) is 2.10. The number of hydrogen-bond donors (Lipinski definition) is 1. The lowest BCUT2D eigenvalue weighted by Gasteiger charge is -2.11. The highest BCUT2D eigenvalue weighted by Crippen LogP contribution is 2.12. The zero-order valence-corrected chi connectivity index (χ0v) is 11.2. The number of rotatable bonds is 3. The minimum Gasteiger partial charge on any atom is -0.363 e. The quantitative estimate of drug-likeness (QED) is 0.913. The van der Waals surface area contributed by atoms with Crippen molar-refractivity contribution in [1.29, 1.82) is 0 Å². The van der Waals surface area contributed by atoms with Crippen LogP contribution in [0.1, 0.15) is 16.2 Å². The first-order valence-corrected chi connectivity index (χ1v) is 5.94. The Balaban J connectivity index is 2.10. The van der Waals surface area contributed by atoms with Gasteiger partial charge in [-0.05, 0) is 31.2 Å². The molecule has 0 saturated carbocycles. The van der Waals surface area contributed by atoms with Crippen LogP contribution in [-0.2, 0) is 0 Å². The minimum absolute atomic E-state index is 0.233. The standard InChI is InChI=1S/C14H16N4O/c1-10-5-4-6-12(16-10)14(19)17-11-7-8-13(15-9-11)18(2)3/h4-9H,1-3H3,(H,17,19). The molecule has 1 N–H and O–H groups in total. The topological polar surface area (TPSA) is 58.1 Å². The summed E-state index contributed by atoms with van der Waals surface area (Å²) in [5, 5.41) is 2.77. The molecule has 0 aliphatic rings. The summed E-state index contributed by atoms with van der Waals surface area (Å²) in [5.41, 5.74) is 1.87. The minimum atomic E-state index is -0.233. The molecule has 2 aromatic rings. The molecule has 2 heterocycles. The number of aromatic nitrogens is 2. The lowest BCUT2D eigenvalue weighted by molar-refractivity contribution is 0.102. The molecular weight excluding hydrogens is 240 g/mol. The number of amides is 1. The summed E-state index contributed by atoms with van der Waals surface area (Å²) in [4.78, 5) is 22.3. The Morgan fingerprint density at radius 3 is 2.58 bits per heavy atom. The Hall–Kier alpha value is -2.43. The number of aryl methyl sites for hydroxylation is 1. The van der Waals surface area contributed by atoms with Crippen LogP contribution in [0.2, 0.25) is 0 Å². The molecule has 0 saturated heterocycles.